The molecule has 1 aliphatic carbocycles. The fraction of sp³-hybridized carbons (Fsp3) is 0.733. The maximum absolute atomic E-state index is 2.50. The van der Waals surface area contributed by atoms with Gasteiger partial charge in [-0.15, -0.1) is 0 Å². The molecule has 0 amide bonds. The first kappa shape index (κ1) is 13.8. The molecule has 0 spiro atoms. The van der Waals surface area contributed by atoms with E-state index in [0.29, 0.717) is 5.41 Å². The van der Waals surface area contributed by atoms with Crippen LogP contribution < -0.4 is 0 Å². The van der Waals surface area contributed by atoms with Crippen molar-refractivity contribution in [3.8, 4) is 0 Å². The van der Waals surface area contributed by atoms with Crippen LogP contribution in [0.15, 0.2) is 24.3 Å². The van der Waals surface area contributed by atoms with E-state index in [0.717, 1.165) is 11.1 Å². The van der Waals surface area contributed by atoms with E-state index in [1.165, 1.54) is 12.1 Å². The molecule has 0 aliphatic heterocycles. The summed E-state index contributed by atoms with van der Waals surface area (Å²) >= 11 is 0. The van der Waals surface area contributed by atoms with Gasteiger partial charge in [-0.3, -0.25) is 0 Å². The Morgan fingerprint density at radius 2 is 1.50 bits per heavy atom. The predicted octanol–water partition coefficient (Wildman–Crippen LogP) is 5.41. The monoisotopic (exact) mass is 236 g/mol. The number of rotatable bonds is 4. The van der Waals surface area contributed by atoms with Crippen LogP contribution in [0.5, 0.6) is 0 Å². The molecule has 0 saturated carbocycles. The van der Waals surface area contributed by atoms with Crippen LogP contribution >= 0.6 is 0 Å². The summed E-state index contributed by atoms with van der Waals surface area (Å²) in [5, 5.41) is 0. The van der Waals surface area contributed by atoms with E-state index in [1.807, 2.05) is 0 Å². The molecule has 1 atom stereocenters. The summed E-state index contributed by atoms with van der Waals surface area (Å²) in [5.41, 5.74) is 2.09. The quantitative estimate of drug-likeness (QED) is 0.573. The van der Waals surface area contributed by atoms with Crippen molar-refractivity contribution in [2.45, 2.75) is 64.7 Å². The molecule has 1 heteroatoms. The van der Waals surface area contributed by atoms with Crippen molar-refractivity contribution < 1.29 is 0 Å². The van der Waals surface area contributed by atoms with Crippen LogP contribution in [0.3, 0.4) is 0 Å². The average molecular weight is 236 g/mol. The van der Waals surface area contributed by atoms with Crippen LogP contribution in [0.4, 0.5) is 0 Å². The summed E-state index contributed by atoms with van der Waals surface area (Å²) < 4.78 is 0. The fourth-order valence-electron chi connectivity index (χ4n) is 3.30. The SMILES string of the molecule is CC[Si](CC)(C1C=CC=C1)C(C)C(C)(C)C. The van der Waals surface area contributed by atoms with Gasteiger partial charge in [-0.1, -0.05) is 77.9 Å². The van der Waals surface area contributed by atoms with Gasteiger partial charge in [0.15, 0.2) is 0 Å². The van der Waals surface area contributed by atoms with Crippen molar-refractivity contribution in [1.82, 2.24) is 0 Å². The Morgan fingerprint density at radius 1 is 1.06 bits per heavy atom. The van der Waals surface area contributed by atoms with Crippen LogP contribution in [-0.2, 0) is 0 Å². The first-order chi connectivity index (χ1) is 7.38. The zero-order chi connectivity index (χ0) is 12.4. The highest BCUT2D eigenvalue weighted by atomic mass is 28.3. The van der Waals surface area contributed by atoms with Gasteiger partial charge < -0.3 is 0 Å². The molecule has 0 fully saturated rings. The highest BCUT2D eigenvalue weighted by Gasteiger charge is 2.45. The second-order valence-electron chi connectivity index (χ2n) is 6.32. The van der Waals surface area contributed by atoms with Gasteiger partial charge in [0.25, 0.3) is 0 Å². The minimum atomic E-state index is -1.22. The van der Waals surface area contributed by atoms with Crippen molar-refractivity contribution in [1.29, 1.82) is 0 Å². The molecular formula is C15H28Si. The minimum Gasteiger partial charge on any atom is -0.0803 e. The fourth-order valence-corrected chi connectivity index (χ4v) is 9.26. The molecule has 1 unspecified atom stereocenters. The Labute approximate surface area is 103 Å². The molecule has 1 aliphatic rings. The standard InChI is InChI=1S/C15H28Si/c1-7-16(8-2,13(3)15(4,5)6)14-11-9-10-12-14/h9-14H,7-8H2,1-6H3. The van der Waals surface area contributed by atoms with E-state index in [9.17, 15) is 0 Å². The summed E-state index contributed by atoms with van der Waals surface area (Å²) in [6, 6.07) is 2.81. The smallest absolute Gasteiger partial charge is 0.0676 e. The molecular weight excluding hydrogens is 208 g/mol. The number of hydrogen-bond acceptors (Lipinski definition) is 0. The largest absolute Gasteiger partial charge is 0.0803 e. The third-order valence-corrected chi connectivity index (χ3v) is 11.8. The summed E-state index contributed by atoms with van der Waals surface area (Å²) in [5.74, 6) is 0. The van der Waals surface area contributed by atoms with Gasteiger partial charge in [0, 0.05) is 0 Å². The van der Waals surface area contributed by atoms with Crippen molar-refractivity contribution in [2.75, 3.05) is 0 Å². The summed E-state index contributed by atoms with van der Waals surface area (Å²) in [4.78, 5) is 0. The van der Waals surface area contributed by atoms with Gasteiger partial charge in [-0.05, 0) is 16.5 Å². The van der Waals surface area contributed by atoms with E-state index in [4.69, 9.17) is 0 Å². The van der Waals surface area contributed by atoms with E-state index in [2.05, 4.69) is 65.8 Å². The van der Waals surface area contributed by atoms with E-state index < -0.39 is 8.07 Å². The second-order valence-corrected chi connectivity index (χ2v) is 11.7. The lowest BCUT2D eigenvalue weighted by Gasteiger charge is -2.46. The Hall–Kier alpha value is -0.303. The Kier molecular flexibility index (Phi) is 4.22. The number of allylic oxidation sites excluding steroid dienone is 4. The molecule has 0 aromatic rings. The average Bonchev–Trinajstić information content (AvgIpc) is 2.73. The van der Waals surface area contributed by atoms with E-state index >= 15 is 0 Å². The Balaban J connectivity index is 3.05. The molecule has 0 nitrogen and oxygen atoms in total. The van der Waals surface area contributed by atoms with Gasteiger partial charge in [0.05, 0.1) is 8.07 Å². The number of hydrogen-bond donors (Lipinski definition) is 0. The summed E-state index contributed by atoms with van der Waals surface area (Å²) in [6.07, 6.45) is 9.38. The second kappa shape index (κ2) is 4.91. The Morgan fingerprint density at radius 3 is 1.81 bits per heavy atom. The minimum absolute atomic E-state index is 0.447. The third kappa shape index (κ3) is 2.34. The van der Waals surface area contributed by atoms with E-state index in [-0.39, 0.29) is 0 Å². The lowest BCUT2D eigenvalue weighted by molar-refractivity contribution is 0.383. The maximum Gasteiger partial charge on any atom is 0.0676 e. The first-order valence-corrected chi connectivity index (χ1v) is 9.30. The lowest BCUT2D eigenvalue weighted by Crippen LogP contribution is -2.45. The molecule has 0 aromatic heterocycles. The topological polar surface area (TPSA) is 0 Å². The molecule has 1 rings (SSSR count). The van der Waals surface area contributed by atoms with Gasteiger partial charge in [-0.2, -0.15) is 0 Å². The maximum atomic E-state index is 2.50. The van der Waals surface area contributed by atoms with Gasteiger partial charge in [0.1, 0.15) is 0 Å². The molecule has 0 bridgehead atoms. The van der Waals surface area contributed by atoms with Crippen molar-refractivity contribution in [3.63, 3.8) is 0 Å². The zero-order valence-electron chi connectivity index (χ0n) is 11.9. The van der Waals surface area contributed by atoms with Crippen molar-refractivity contribution in [2.24, 2.45) is 5.41 Å². The molecule has 0 N–H and O–H groups in total. The summed E-state index contributed by atoms with van der Waals surface area (Å²) in [6.45, 7) is 14.6. The van der Waals surface area contributed by atoms with Gasteiger partial charge in [0.2, 0.25) is 0 Å². The van der Waals surface area contributed by atoms with Crippen LogP contribution in [0.25, 0.3) is 0 Å². The van der Waals surface area contributed by atoms with Gasteiger partial charge in [-0.25, -0.2) is 0 Å². The molecule has 0 radical (unpaired) electrons. The molecule has 92 valence electrons. The van der Waals surface area contributed by atoms with Crippen LogP contribution in [0.1, 0.15) is 41.5 Å². The van der Waals surface area contributed by atoms with Gasteiger partial charge >= 0.3 is 0 Å². The third-order valence-electron chi connectivity index (χ3n) is 4.89. The lowest BCUT2D eigenvalue weighted by atomic mass is 9.93. The molecule has 0 saturated heterocycles. The zero-order valence-corrected chi connectivity index (χ0v) is 12.9. The normalized spacial score (nSPS) is 19.4. The van der Waals surface area contributed by atoms with Crippen molar-refractivity contribution in [3.05, 3.63) is 24.3 Å². The summed E-state index contributed by atoms with van der Waals surface area (Å²) in [7, 11) is -1.22. The van der Waals surface area contributed by atoms with Crippen molar-refractivity contribution >= 4 is 8.07 Å². The highest BCUT2D eigenvalue weighted by Crippen LogP contribution is 2.50. The van der Waals surface area contributed by atoms with Crippen LogP contribution in [-0.4, -0.2) is 8.07 Å². The van der Waals surface area contributed by atoms with E-state index in [1.54, 1.807) is 0 Å². The van der Waals surface area contributed by atoms with Crippen LogP contribution in [0.2, 0.25) is 23.2 Å². The Bertz CT molecular complexity index is 264. The highest BCUT2D eigenvalue weighted by molar-refractivity contribution is 6.83. The molecule has 0 heterocycles. The predicted molar refractivity (Wildman–Crippen MR) is 77.6 cm³/mol. The first-order valence-electron chi connectivity index (χ1n) is 6.73. The van der Waals surface area contributed by atoms with Crippen LogP contribution in [0, 0.1) is 5.41 Å². The molecule has 16 heavy (non-hydrogen) atoms. The molecule has 0 aromatic carbocycles.